The van der Waals surface area contributed by atoms with Gasteiger partial charge >= 0.3 is 5.97 Å². The molecular weight excluding hydrogens is 192 g/mol. The molecule has 0 aromatic rings. The molecule has 1 N–H and O–H groups in total. The molecule has 0 aromatic carbocycles. The van der Waals surface area contributed by atoms with Crippen molar-refractivity contribution in [1.82, 2.24) is 0 Å². The molecule has 0 unspecified atom stereocenters. The fourth-order valence-corrected chi connectivity index (χ4v) is 1.44. The van der Waals surface area contributed by atoms with Crippen LogP contribution in [0.15, 0.2) is 0 Å². The minimum atomic E-state index is -0.809. The van der Waals surface area contributed by atoms with E-state index in [-0.39, 0.29) is 12.0 Å². The van der Waals surface area contributed by atoms with E-state index in [9.17, 15) is 4.79 Å². The predicted octanol–water partition coefficient (Wildman–Crippen LogP) is 1.20. The van der Waals surface area contributed by atoms with E-state index in [4.69, 9.17) is 14.6 Å². The molecule has 0 aliphatic carbocycles. The van der Waals surface area contributed by atoms with Crippen molar-refractivity contribution in [2.75, 3.05) is 24.7 Å². The summed E-state index contributed by atoms with van der Waals surface area (Å²) in [7, 11) is 0. The van der Waals surface area contributed by atoms with Gasteiger partial charge in [-0.1, -0.05) is 0 Å². The fraction of sp³-hybridized carbons (Fsp3) is 0.875. The summed E-state index contributed by atoms with van der Waals surface area (Å²) in [5.74, 6) is -0.151. The maximum absolute atomic E-state index is 10.2. The standard InChI is InChI=1S/C8H16O4S/c1-3-11-8(12-4-2)6-13-5-7(9)10/h8H,3-6H2,1-2H3,(H,9,10). The van der Waals surface area contributed by atoms with E-state index in [0.29, 0.717) is 19.0 Å². The van der Waals surface area contributed by atoms with Gasteiger partial charge in [0.1, 0.15) is 0 Å². The van der Waals surface area contributed by atoms with Crippen molar-refractivity contribution in [2.24, 2.45) is 0 Å². The smallest absolute Gasteiger partial charge is 0.313 e. The summed E-state index contributed by atoms with van der Waals surface area (Å²) in [6, 6.07) is 0. The molecule has 0 amide bonds. The molecule has 0 saturated carbocycles. The largest absolute Gasteiger partial charge is 0.481 e. The zero-order valence-corrected chi connectivity index (χ0v) is 8.80. The normalized spacial score (nSPS) is 10.7. The predicted molar refractivity (Wildman–Crippen MR) is 52.0 cm³/mol. The van der Waals surface area contributed by atoms with E-state index < -0.39 is 5.97 Å². The van der Waals surface area contributed by atoms with Crippen LogP contribution in [0.4, 0.5) is 0 Å². The average Bonchev–Trinajstić information content (AvgIpc) is 2.04. The first-order valence-corrected chi connectivity index (χ1v) is 5.38. The molecule has 78 valence electrons. The van der Waals surface area contributed by atoms with Gasteiger partial charge in [-0.05, 0) is 13.8 Å². The van der Waals surface area contributed by atoms with Crippen LogP contribution in [0.2, 0.25) is 0 Å². The highest BCUT2D eigenvalue weighted by Gasteiger charge is 2.08. The number of thioether (sulfide) groups is 1. The molecule has 0 saturated heterocycles. The first-order valence-electron chi connectivity index (χ1n) is 4.23. The summed E-state index contributed by atoms with van der Waals surface area (Å²) in [5, 5.41) is 8.38. The molecule has 0 aliphatic rings. The van der Waals surface area contributed by atoms with Crippen LogP contribution < -0.4 is 0 Å². The lowest BCUT2D eigenvalue weighted by Crippen LogP contribution is -2.20. The topological polar surface area (TPSA) is 55.8 Å². The molecule has 0 bridgehead atoms. The number of carboxylic acid groups (broad SMARTS) is 1. The second-order valence-corrected chi connectivity index (χ2v) is 3.28. The first kappa shape index (κ1) is 12.7. The Labute approximate surface area is 82.6 Å². The third-order valence-electron chi connectivity index (χ3n) is 1.18. The van der Waals surface area contributed by atoms with Crippen molar-refractivity contribution in [2.45, 2.75) is 20.1 Å². The minimum absolute atomic E-state index is 0.0939. The van der Waals surface area contributed by atoms with Gasteiger partial charge in [-0.15, -0.1) is 11.8 Å². The molecule has 4 nitrogen and oxygen atoms in total. The molecule has 0 aliphatic heterocycles. The summed E-state index contributed by atoms with van der Waals surface area (Å²) >= 11 is 1.30. The van der Waals surface area contributed by atoms with E-state index in [0.717, 1.165) is 0 Å². The van der Waals surface area contributed by atoms with Crippen molar-refractivity contribution in [3.8, 4) is 0 Å². The number of rotatable bonds is 8. The molecule has 0 heterocycles. The highest BCUT2D eigenvalue weighted by Crippen LogP contribution is 2.06. The van der Waals surface area contributed by atoms with Crippen LogP contribution in [0.5, 0.6) is 0 Å². The van der Waals surface area contributed by atoms with Gasteiger partial charge in [0.2, 0.25) is 0 Å². The molecule has 5 heteroatoms. The Hall–Kier alpha value is -0.260. The Kier molecular flexibility index (Phi) is 8.18. The van der Waals surface area contributed by atoms with Gasteiger partial charge in [-0.2, -0.15) is 0 Å². The fourth-order valence-electron chi connectivity index (χ4n) is 0.759. The Morgan fingerprint density at radius 2 is 1.92 bits per heavy atom. The maximum atomic E-state index is 10.2. The Bertz CT molecular complexity index is 134. The van der Waals surface area contributed by atoms with Gasteiger partial charge in [0, 0.05) is 19.0 Å². The highest BCUT2D eigenvalue weighted by molar-refractivity contribution is 7.99. The Morgan fingerprint density at radius 1 is 1.38 bits per heavy atom. The summed E-state index contributed by atoms with van der Waals surface area (Å²) in [5.41, 5.74) is 0. The van der Waals surface area contributed by atoms with E-state index in [1.165, 1.54) is 11.8 Å². The average molecular weight is 208 g/mol. The minimum Gasteiger partial charge on any atom is -0.481 e. The number of ether oxygens (including phenoxy) is 2. The van der Waals surface area contributed by atoms with Crippen molar-refractivity contribution >= 4 is 17.7 Å². The van der Waals surface area contributed by atoms with Crippen LogP contribution in [0.25, 0.3) is 0 Å². The van der Waals surface area contributed by atoms with Crippen LogP contribution in [-0.2, 0) is 14.3 Å². The van der Waals surface area contributed by atoms with Gasteiger partial charge in [0.05, 0.1) is 5.75 Å². The Morgan fingerprint density at radius 3 is 2.31 bits per heavy atom. The zero-order chi connectivity index (χ0) is 10.1. The quantitative estimate of drug-likeness (QED) is 0.607. The Balaban J connectivity index is 3.49. The molecular formula is C8H16O4S. The number of carbonyl (C=O) groups is 1. The summed E-state index contributed by atoms with van der Waals surface area (Å²) in [4.78, 5) is 10.2. The van der Waals surface area contributed by atoms with Crippen LogP contribution >= 0.6 is 11.8 Å². The molecule has 0 atom stereocenters. The second-order valence-electron chi connectivity index (χ2n) is 2.25. The van der Waals surface area contributed by atoms with Gasteiger partial charge in [0.15, 0.2) is 6.29 Å². The summed E-state index contributed by atoms with van der Waals surface area (Å²) in [6.07, 6.45) is -0.278. The number of hydrogen-bond donors (Lipinski definition) is 1. The lowest BCUT2D eigenvalue weighted by atomic mass is 10.7. The first-order chi connectivity index (χ1) is 6.20. The second kappa shape index (κ2) is 8.34. The monoisotopic (exact) mass is 208 g/mol. The zero-order valence-electron chi connectivity index (χ0n) is 7.99. The molecule has 0 radical (unpaired) electrons. The number of carboxylic acids is 1. The lowest BCUT2D eigenvalue weighted by Gasteiger charge is -2.15. The number of aliphatic carboxylic acids is 1. The third kappa shape index (κ3) is 8.08. The maximum Gasteiger partial charge on any atom is 0.313 e. The van der Waals surface area contributed by atoms with E-state index in [2.05, 4.69) is 0 Å². The van der Waals surface area contributed by atoms with Crippen molar-refractivity contribution in [3.63, 3.8) is 0 Å². The molecule has 0 aromatic heterocycles. The van der Waals surface area contributed by atoms with Gasteiger partial charge in [-0.25, -0.2) is 0 Å². The van der Waals surface area contributed by atoms with Crippen LogP contribution in [0, 0.1) is 0 Å². The van der Waals surface area contributed by atoms with E-state index >= 15 is 0 Å². The van der Waals surface area contributed by atoms with E-state index in [1.807, 2.05) is 13.8 Å². The van der Waals surface area contributed by atoms with Gasteiger partial charge in [0.25, 0.3) is 0 Å². The van der Waals surface area contributed by atoms with Crippen LogP contribution in [0.1, 0.15) is 13.8 Å². The number of hydrogen-bond acceptors (Lipinski definition) is 4. The van der Waals surface area contributed by atoms with Gasteiger partial charge in [-0.3, -0.25) is 4.79 Å². The van der Waals surface area contributed by atoms with E-state index in [1.54, 1.807) is 0 Å². The van der Waals surface area contributed by atoms with Crippen molar-refractivity contribution < 1.29 is 19.4 Å². The third-order valence-corrected chi connectivity index (χ3v) is 2.14. The SMILES string of the molecule is CCOC(CSCC(=O)O)OCC. The lowest BCUT2D eigenvalue weighted by molar-refractivity contribution is -0.133. The van der Waals surface area contributed by atoms with Crippen LogP contribution in [0.3, 0.4) is 0 Å². The van der Waals surface area contributed by atoms with Crippen molar-refractivity contribution in [1.29, 1.82) is 0 Å². The van der Waals surface area contributed by atoms with Crippen molar-refractivity contribution in [3.05, 3.63) is 0 Å². The molecule has 13 heavy (non-hydrogen) atoms. The van der Waals surface area contributed by atoms with Gasteiger partial charge < -0.3 is 14.6 Å². The molecule has 0 spiro atoms. The van der Waals surface area contributed by atoms with Crippen LogP contribution in [-0.4, -0.2) is 42.1 Å². The highest BCUT2D eigenvalue weighted by atomic mass is 32.2. The summed E-state index contributed by atoms with van der Waals surface area (Å²) in [6.45, 7) is 4.93. The molecule has 0 rings (SSSR count). The molecule has 0 fully saturated rings. The summed E-state index contributed by atoms with van der Waals surface area (Å²) < 4.78 is 10.5.